The van der Waals surface area contributed by atoms with Gasteiger partial charge in [-0.25, -0.2) is 0 Å². The lowest BCUT2D eigenvalue weighted by Crippen LogP contribution is -2.33. The molecular formula is C20H25NO3. The van der Waals surface area contributed by atoms with Crippen molar-refractivity contribution in [3.8, 4) is 5.75 Å². The molecule has 4 heteroatoms. The molecule has 4 nitrogen and oxygen atoms in total. The van der Waals surface area contributed by atoms with Gasteiger partial charge < -0.3 is 15.6 Å². The number of hydrogen-bond donors (Lipinski definition) is 2. The first kappa shape index (κ1) is 18.0. The standard InChI is InChI=1S/C20H25NO3/c1-15(21)19(20(22)23)8-5-13-24-18-11-9-17(10-12-18)14-16-6-3-2-4-7-16/h2-4,6-7,9-12,15,19H,5,8,13-14,21H2,1H3,(H,22,23). The maximum atomic E-state index is 11.1. The van der Waals surface area contributed by atoms with E-state index in [0.29, 0.717) is 19.4 Å². The van der Waals surface area contributed by atoms with E-state index in [1.165, 1.54) is 11.1 Å². The fourth-order valence-electron chi connectivity index (χ4n) is 2.64. The lowest BCUT2D eigenvalue weighted by molar-refractivity contribution is -0.142. The van der Waals surface area contributed by atoms with Crippen LogP contribution >= 0.6 is 0 Å². The first-order valence-electron chi connectivity index (χ1n) is 8.30. The number of ether oxygens (including phenoxy) is 1. The Morgan fingerprint density at radius 2 is 1.71 bits per heavy atom. The van der Waals surface area contributed by atoms with E-state index in [0.717, 1.165) is 12.2 Å². The maximum Gasteiger partial charge on any atom is 0.308 e. The zero-order valence-electron chi connectivity index (χ0n) is 14.0. The number of rotatable bonds is 9. The number of hydrogen-bond acceptors (Lipinski definition) is 3. The number of carbonyl (C=O) groups is 1. The fraction of sp³-hybridized carbons (Fsp3) is 0.350. The highest BCUT2D eigenvalue weighted by atomic mass is 16.5. The first-order chi connectivity index (χ1) is 11.6. The van der Waals surface area contributed by atoms with Crippen molar-refractivity contribution in [2.45, 2.75) is 32.2 Å². The molecule has 0 saturated heterocycles. The summed E-state index contributed by atoms with van der Waals surface area (Å²) < 4.78 is 5.69. The van der Waals surface area contributed by atoms with Gasteiger partial charge in [0.1, 0.15) is 5.75 Å². The lowest BCUT2D eigenvalue weighted by Gasteiger charge is -2.16. The summed E-state index contributed by atoms with van der Waals surface area (Å²) >= 11 is 0. The van der Waals surface area contributed by atoms with Gasteiger partial charge in [0.05, 0.1) is 12.5 Å². The topological polar surface area (TPSA) is 72.5 Å². The van der Waals surface area contributed by atoms with Crippen LogP contribution in [0.4, 0.5) is 0 Å². The van der Waals surface area contributed by atoms with Crippen LogP contribution in [-0.2, 0) is 11.2 Å². The molecule has 2 aromatic rings. The van der Waals surface area contributed by atoms with Crippen molar-refractivity contribution in [3.63, 3.8) is 0 Å². The highest BCUT2D eigenvalue weighted by Gasteiger charge is 2.21. The minimum atomic E-state index is -0.838. The summed E-state index contributed by atoms with van der Waals surface area (Å²) in [6, 6.07) is 18.0. The highest BCUT2D eigenvalue weighted by Crippen LogP contribution is 2.16. The van der Waals surface area contributed by atoms with Gasteiger partial charge in [-0.15, -0.1) is 0 Å². The van der Waals surface area contributed by atoms with Crippen LogP contribution in [0.3, 0.4) is 0 Å². The maximum absolute atomic E-state index is 11.1. The highest BCUT2D eigenvalue weighted by molar-refractivity contribution is 5.70. The number of aliphatic carboxylic acids is 1. The van der Waals surface area contributed by atoms with Crippen molar-refractivity contribution in [1.29, 1.82) is 0 Å². The number of nitrogens with two attached hydrogens (primary N) is 1. The van der Waals surface area contributed by atoms with E-state index in [4.69, 9.17) is 15.6 Å². The molecule has 0 heterocycles. The van der Waals surface area contributed by atoms with E-state index in [1.807, 2.05) is 30.3 Å². The zero-order valence-corrected chi connectivity index (χ0v) is 14.0. The molecule has 0 radical (unpaired) electrons. The van der Waals surface area contributed by atoms with Gasteiger partial charge in [-0.3, -0.25) is 4.79 Å². The summed E-state index contributed by atoms with van der Waals surface area (Å²) in [5.41, 5.74) is 8.20. The second-order valence-corrected chi connectivity index (χ2v) is 6.10. The molecule has 0 fully saturated rings. The summed E-state index contributed by atoms with van der Waals surface area (Å²) in [7, 11) is 0. The Balaban J connectivity index is 1.77. The molecule has 0 saturated carbocycles. The van der Waals surface area contributed by atoms with Crippen LogP contribution in [0.5, 0.6) is 5.75 Å². The third-order valence-electron chi connectivity index (χ3n) is 4.05. The molecule has 0 aliphatic heterocycles. The molecule has 2 atom stereocenters. The van der Waals surface area contributed by atoms with Crippen LogP contribution in [-0.4, -0.2) is 23.7 Å². The molecule has 2 unspecified atom stereocenters. The second kappa shape index (κ2) is 9.08. The van der Waals surface area contributed by atoms with Crippen LogP contribution in [0, 0.1) is 5.92 Å². The average Bonchev–Trinajstić information content (AvgIpc) is 2.56. The smallest absolute Gasteiger partial charge is 0.308 e. The largest absolute Gasteiger partial charge is 0.494 e. The van der Waals surface area contributed by atoms with Crippen molar-refractivity contribution in [2.75, 3.05) is 6.61 Å². The summed E-state index contributed by atoms with van der Waals surface area (Å²) in [5.74, 6) is -0.545. The third kappa shape index (κ3) is 5.70. The van der Waals surface area contributed by atoms with Crippen molar-refractivity contribution < 1.29 is 14.6 Å². The van der Waals surface area contributed by atoms with Crippen LogP contribution < -0.4 is 10.5 Å². The van der Waals surface area contributed by atoms with Gasteiger partial charge in [0.2, 0.25) is 0 Å². The van der Waals surface area contributed by atoms with Crippen LogP contribution in [0.25, 0.3) is 0 Å². The Hall–Kier alpha value is -2.33. The molecule has 2 rings (SSSR count). The van der Waals surface area contributed by atoms with E-state index < -0.39 is 11.9 Å². The van der Waals surface area contributed by atoms with Gasteiger partial charge in [0, 0.05) is 6.04 Å². The molecule has 0 spiro atoms. The van der Waals surface area contributed by atoms with Crippen LogP contribution in [0.15, 0.2) is 54.6 Å². The quantitative estimate of drug-likeness (QED) is 0.692. The Labute approximate surface area is 143 Å². The number of carboxylic acid groups (broad SMARTS) is 1. The van der Waals surface area contributed by atoms with Crippen molar-refractivity contribution >= 4 is 5.97 Å². The van der Waals surface area contributed by atoms with Gasteiger partial charge in [0.25, 0.3) is 0 Å². The first-order valence-corrected chi connectivity index (χ1v) is 8.30. The van der Waals surface area contributed by atoms with Gasteiger partial charge in [-0.1, -0.05) is 42.5 Å². The fourth-order valence-corrected chi connectivity index (χ4v) is 2.64. The predicted octanol–water partition coefficient (Wildman–Crippen LogP) is 3.48. The Morgan fingerprint density at radius 1 is 1.08 bits per heavy atom. The Bertz CT molecular complexity index is 623. The van der Waals surface area contributed by atoms with E-state index in [2.05, 4.69) is 24.3 Å². The summed E-state index contributed by atoms with van der Waals surface area (Å²) in [4.78, 5) is 11.1. The molecule has 3 N–H and O–H groups in total. The predicted molar refractivity (Wildman–Crippen MR) is 95.2 cm³/mol. The van der Waals surface area contributed by atoms with E-state index in [1.54, 1.807) is 6.92 Å². The Kier molecular flexibility index (Phi) is 6.82. The minimum absolute atomic E-state index is 0.347. The molecular weight excluding hydrogens is 302 g/mol. The van der Waals surface area contributed by atoms with Crippen molar-refractivity contribution in [2.24, 2.45) is 11.7 Å². The van der Waals surface area contributed by atoms with Gasteiger partial charge >= 0.3 is 5.97 Å². The van der Waals surface area contributed by atoms with Gasteiger partial charge in [0.15, 0.2) is 0 Å². The summed E-state index contributed by atoms with van der Waals surface area (Å²) in [6.45, 7) is 2.22. The zero-order chi connectivity index (χ0) is 17.4. The van der Waals surface area contributed by atoms with E-state index >= 15 is 0 Å². The van der Waals surface area contributed by atoms with Crippen molar-refractivity contribution in [1.82, 2.24) is 0 Å². The minimum Gasteiger partial charge on any atom is -0.494 e. The van der Waals surface area contributed by atoms with E-state index in [-0.39, 0.29) is 6.04 Å². The molecule has 128 valence electrons. The van der Waals surface area contributed by atoms with Crippen LogP contribution in [0.2, 0.25) is 0 Å². The third-order valence-corrected chi connectivity index (χ3v) is 4.05. The molecule has 0 aliphatic rings. The number of carboxylic acids is 1. The average molecular weight is 327 g/mol. The summed E-state index contributed by atoms with van der Waals surface area (Å²) in [5, 5.41) is 9.09. The molecule has 0 aromatic heterocycles. The molecule has 24 heavy (non-hydrogen) atoms. The normalized spacial score (nSPS) is 13.2. The van der Waals surface area contributed by atoms with Crippen LogP contribution in [0.1, 0.15) is 30.9 Å². The van der Waals surface area contributed by atoms with Gasteiger partial charge in [-0.05, 0) is 49.4 Å². The molecule has 0 bridgehead atoms. The van der Waals surface area contributed by atoms with E-state index in [9.17, 15) is 4.79 Å². The Morgan fingerprint density at radius 3 is 2.29 bits per heavy atom. The second-order valence-electron chi connectivity index (χ2n) is 6.10. The number of benzene rings is 2. The SMILES string of the molecule is CC(N)C(CCCOc1ccc(Cc2ccccc2)cc1)C(=O)O. The lowest BCUT2D eigenvalue weighted by atomic mass is 9.97. The molecule has 0 aliphatic carbocycles. The van der Waals surface area contributed by atoms with Crippen molar-refractivity contribution in [3.05, 3.63) is 65.7 Å². The monoisotopic (exact) mass is 327 g/mol. The molecule has 2 aromatic carbocycles. The summed E-state index contributed by atoms with van der Waals surface area (Å²) in [6.07, 6.45) is 2.10. The van der Waals surface area contributed by atoms with Gasteiger partial charge in [-0.2, -0.15) is 0 Å². The molecule has 0 amide bonds.